The number of carbonyl (C=O) groups excluding carboxylic acids is 1. The van der Waals surface area contributed by atoms with Crippen molar-refractivity contribution >= 4 is 5.97 Å². The second-order valence-corrected chi connectivity index (χ2v) is 6.06. The Labute approximate surface area is 152 Å². The number of aryl methyl sites for hydroxylation is 2. The lowest BCUT2D eigenvalue weighted by atomic mass is 10.1. The van der Waals surface area contributed by atoms with Crippen LogP contribution in [-0.2, 0) is 17.6 Å². The highest BCUT2D eigenvalue weighted by Crippen LogP contribution is 2.22. The Kier molecular flexibility index (Phi) is 9.31. The molecule has 25 heavy (non-hydrogen) atoms. The predicted molar refractivity (Wildman–Crippen MR) is 106 cm³/mol. The number of hydrogen-bond donors (Lipinski definition) is 0. The Morgan fingerprint density at radius 1 is 1.04 bits per heavy atom. The number of esters is 1. The third-order valence-corrected chi connectivity index (χ3v) is 3.63. The molecule has 0 aromatic heterocycles. The quantitative estimate of drug-likeness (QED) is 0.363. The molecule has 2 aromatic rings. The van der Waals surface area contributed by atoms with Gasteiger partial charge in [0.25, 0.3) is 0 Å². The lowest BCUT2D eigenvalue weighted by Gasteiger charge is -2.10. The molecular weight excluding hydrogens is 308 g/mol. The summed E-state index contributed by atoms with van der Waals surface area (Å²) in [6.45, 7) is 10.2. The molecule has 0 fully saturated rings. The fraction of sp³-hybridized carbons (Fsp3) is 0.348. The minimum absolute atomic E-state index is 0.184. The van der Waals surface area contributed by atoms with Crippen LogP contribution in [0.5, 0.6) is 5.75 Å². The molecule has 0 N–H and O–H groups in total. The van der Waals surface area contributed by atoms with Gasteiger partial charge in [0.1, 0.15) is 5.75 Å². The van der Waals surface area contributed by atoms with Gasteiger partial charge in [0, 0.05) is 6.42 Å². The molecule has 0 unspecified atom stereocenters. The summed E-state index contributed by atoms with van der Waals surface area (Å²) in [5.41, 5.74) is 4.64. The van der Waals surface area contributed by atoms with Crippen molar-refractivity contribution in [2.45, 2.75) is 53.9 Å². The van der Waals surface area contributed by atoms with Crippen molar-refractivity contribution in [2.24, 2.45) is 0 Å². The van der Waals surface area contributed by atoms with Crippen molar-refractivity contribution in [1.29, 1.82) is 0 Å². The highest BCUT2D eigenvalue weighted by atomic mass is 16.5. The predicted octanol–water partition coefficient (Wildman–Crippen LogP) is 6.07. The molecule has 2 rings (SSSR count). The third kappa shape index (κ3) is 7.84. The molecule has 0 heterocycles. The van der Waals surface area contributed by atoms with Gasteiger partial charge in [0.05, 0.1) is 0 Å². The van der Waals surface area contributed by atoms with E-state index in [0.717, 1.165) is 17.5 Å². The lowest BCUT2D eigenvalue weighted by molar-refractivity contribution is -0.134. The Balaban J connectivity index is 0.00000151. The number of hydrogen-bond acceptors (Lipinski definition) is 2. The Bertz CT molecular complexity index is 680. The molecule has 0 aliphatic carbocycles. The number of ether oxygens (including phenoxy) is 1. The van der Waals surface area contributed by atoms with Crippen LogP contribution in [0.3, 0.4) is 0 Å². The largest absolute Gasteiger partial charge is 0.426 e. The molecule has 0 aliphatic heterocycles. The summed E-state index contributed by atoms with van der Waals surface area (Å²) in [7, 11) is 0. The van der Waals surface area contributed by atoms with Crippen LogP contribution < -0.4 is 4.74 Å². The molecule has 0 atom stereocenters. The topological polar surface area (TPSA) is 26.3 Å². The van der Waals surface area contributed by atoms with Gasteiger partial charge in [0.15, 0.2) is 0 Å². The summed E-state index contributed by atoms with van der Waals surface area (Å²) >= 11 is 0. The van der Waals surface area contributed by atoms with Crippen LogP contribution in [0, 0.1) is 6.92 Å². The van der Waals surface area contributed by atoms with Crippen LogP contribution in [0.15, 0.2) is 60.2 Å². The average molecular weight is 338 g/mol. The maximum absolute atomic E-state index is 12.1. The standard InChI is InChI=1S/C21H24O2.C2H6/c1-16(2)9-12-19-15-17(3)10-13-20(19)23-21(22)14-11-18-7-5-4-6-8-18;1-2/h4-10,13,15H,11-12,14H2,1-3H3;1-2H3. The fourth-order valence-electron chi connectivity index (χ4n) is 2.35. The SMILES string of the molecule is CC.CC(C)=CCc1cc(C)ccc1OC(=O)CCc1ccccc1. The van der Waals surface area contributed by atoms with Crippen molar-refractivity contribution in [1.82, 2.24) is 0 Å². The first-order chi connectivity index (χ1) is 12.0. The van der Waals surface area contributed by atoms with Crippen molar-refractivity contribution in [3.05, 3.63) is 76.9 Å². The van der Waals surface area contributed by atoms with Gasteiger partial charge in [-0.25, -0.2) is 0 Å². The maximum atomic E-state index is 12.1. The Morgan fingerprint density at radius 3 is 2.36 bits per heavy atom. The molecule has 2 aromatic carbocycles. The smallest absolute Gasteiger partial charge is 0.311 e. The molecule has 2 nitrogen and oxygen atoms in total. The van der Waals surface area contributed by atoms with Gasteiger partial charge in [-0.2, -0.15) is 0 Å². The van der Waals surface area contributed by atoms with E-state index >= 15 is 0 Å². The highest BCUT2D eigenvalue weighted by molar-refractivity contribution is 5.73. The van der Waals surface area contributed by atoms with E-state index < -0.39 is 0 Å². The first kappa shape index (κ1) is 20.7. The second-order valence-electron chi connectivity index (χ2n) is 6.06. The van der Waals surface area contributed by atoms with Crippen molar-refractivity contribution in [2.75, 3.05) is 0 Å². The van der Waals surface area contributed by atoms with E-state index in [1.54, 1.807) is 0 Å². The number of benzene rings is 2. The summed E-state index contributed by atoms with van der Waals surface area (Å²) < 4.78 is 5.59. The normalized spacial score (nSPS) is 9.64. The average Bonchev–Trinajstić information content (AvgIpc) is 2.62. The first-order valence-corrected chi connectivity index (χ1v) is 9.02. The number of allylic oxidation sites excluding steroid dienone is 2. The number of carbonyl (C=O) groups is 1. The summed E-state index contributed by atoms with van der Waals surface area (Å²) in [4.78, 5) is 12.1. The van der Waals surface area contributed by atoms with Crippen molar-refractivity contribution < 1.29 is 9.53 Å². The zero-order valence-electron chi connectivity index (χ0n) is 16.1. The molecule has 0 radical (unpaired) electrons. The minimum Gasteiger partial charge on any atom is -0.426 e. The highest BCUT2D eigenvalue weighted by Gasteiger charge is 2.09. The van der Waals surface area contributed by atoms with E-state index in [2.05, 4.69) is 26.0 Å². The minimum atomic E-state index is -0.184. The lowest BCUT2D eigenvalue weighted by Crippen LogP contribution is -2.10. The number of rotatable bonds is 6. The molecule has 0 spiro atoms. The van der Waals surface area contributed by atoms with Gasteiger partial charge >= 0.3 is 5.97 Å². The van der Waals surface area contributed by atoms with E-state index in [0.29, 0.717) is 18.6 Å². The summed E-state index contributed by atoms with van der Waals surface area (Å²) in [6.07, 6.45) is 4.02. The third-order valence-electron chi connectivity index (χ3n) is 3.63. The van der Waals surface area contributed by atoms with E-state index in [4.69, 9.17) is 4.74 Å². The molecule has 2 heteroatoms. The van der Waals surface area contributed by atoms with E-state index in [9.17, 15) is 4.79 Å². The molecule has 0 aliphatic rings. The van der Waals surface area contributed by atoms with Gasteiger partial charge < -0.3 is 4.74 Å². The van der Waals surface area contributed by atoms with Crippen LogP contribution in [0.2, 0.25) is 0 Å². The monoisotopic (exact) mass is 338 g/mol. The first-order valence-electron chi connectivity index (χ1n) is 9.02. The molecule has 0 saturated heterocycles. The van der Waals surface area contributed by atoms with Gasteiger partial charge in [-0.1, -0.05) is 73.5 Å². The zero-order chi connectivity index (χ0) is 18.7. The van der Waals surface area contributed by atoms with Gasteiger partial charge in [-0.15, -0.1) is 0 Å². The zero-order valence-corrected chi connectivity index (χ0v) is 16.1. The van der Waals surface area contributed by atoms with Crippen LogP contribution in [0.25, 0.3) is 0 Å². The van der Waals surface area contributed by atoms with Crippen LogP contribution >= 0.6 is 0 Å². The van der Waals surface area contributed by atoms with E-state index in [-0.39, 0.29) is 5.97 Å². The summed E-state index contributed by atoms with van der Waals surface area (Å²) in [5.74, 6) is 0.488. The van der Waals surface area contributed by atoms with Gasteiger partial charge in [-0.05, 0) is 50.8 Å². The second kappa shape index (κ2) is 11.2. The van der Waals surface area contributed by atoms with Crippen LogP contribution in [0.4, 0.5) is 0 Å². The molecule has 0 saturated carbocycles. The van der Waals surface area contributed by atoms with E-state index in [1.165, 1.54) is 11.1 Å². The molecule has 134 valence electrons. The van der Waals surface area contributed by atoms with E-state index in [1.807, 2.05) is 63.2 Å². The van der Waals surface area contributed by atoms with Gasteiger partial charge in [-0.3, -0.25) is 4.79 Å². The Morgan fingerprint density at radius 2 is 1.72 bits per heavy atom. The van der Waals surface area contributed by atoms with Crippen LogP contribution in [-0.4, -0.2) is 5.97 Å². The van der Waals surface area contributed by atoms with Gasteiger partial charge in [0.2, 0.25) is 0 Å². The molecule has 0 amide bonds. The summed E-state index contributed by atoms with van der Waals surface area (Å²) in [6, 6.07) is 16.0. The Hall–Kier alpha value is -2.35. The van der Waals surface area contributed by atoms with Crippen LogP contribution in [0.1, 0.15) is 50.8 Å². The molecular formula is C23H30O2. The fourth-order valence-corrected chi connectivity index (χ4v) is 2.35. The van der Waals surface area contributed by atoms with Crippen molar-refractivity contribution in [3.8, 4) is 5.75 Å². The summed E-state index contributed by atoms with van der Waals surface area (Å²) in [5, 5.41) is 0. The maximum Gasteiger partial charge on any atom is 0.311 e. The molecule has 0 bridgehead atoms. The van der Waals surface area contributed by atoms with Crippen molar-refractivity contribution in [3.63, 3.8) is 0 Å².